The van der Waals surface area contributed by atoms with Crippen LogP contribution in [-0.4, -0.2) is 44.5 Å². The van der Waals surface area contributed by atoms with Crippen LogP contribution < -0.4 is 25.7 Å². The lowest BCUT2D eigenvalue weighted by Gasteiger charge is -2.20. The molecule has 0 fully saturated rings. The fraction of sp³-hybridized carbons (Fsp3) is 0.375. The van der Waals surface area contributed by atoms with Crippen LogP contribution in [0.1, 0.15) is 42.6 Å². The fourth-order valence-electron chi connectivity index (χ4n) is 3.57. The van der Waals surface area contributed by atoms with Crippen molar-refractivity contribution in [2.45, 2.75) is 35.7 Å². The van der Waals surface area contributed by atoms with Crippen molar-refractivity contribution in [1.82, 2.24) is 4.72 Å². The molecular formula is C24H30FN4O7PS2. The molecule has 1 atom stereocenters. The predicted molar refractivity (Wildman–Crippen MR) is 146 cm³/mol. The van der Waals surface area contributed by atoms with Crippen LogP contribution in [0.4, 0.5) is 4.39 Å². The smallest absolute Gasteiger partial charge is 0.347 e. The van der Waals surface area contributed by atoms with E-state index in [-0.39, 0.29) is 15.3 Å². The lowest BCUT2D eigenvalue weighted by Crippen LogP contribution is -2.28. The summed E-state index contributed by atoms with van der Waals surface area (Å²) in [7, 11) is -9.61. The van der Waals surface area contributed by atoms with Crippen molar-refractivity contribution in [1.29, 1.82) is 5.26 Å². The SMILES string of the molecule is N#Cc1ccc(C(NS(=O)(=O)c2cc3cc(OCCCCN)c(OCCCCN)cc3s2)P(=O)(O)O)cc1F. The Morgan fingerprint density at radius 1 is 1.03 bits per heavy atom. The molecule has 0 saturated carbocycles. The highest BCUT2D eigenvalue weighted by Gasteiger charge is 2.36. The van der Waals surface area contributed by atoms with Crippen LogP contribution in [0, 0.1) is 17.1 Å². The maximum absolute atomic E-state index is 14.1. The van der Waals surface area contributed by atoms with Gasteiger partial charge in [0.15, 0.2) is 11.5 Å². The second-order valence-corrected chi connectivity index (χ2v) is 13.3. The Kier molecular flexibility index (Phi) is 10.8. The molecule has 7 N–H and O–H groups in total. The van der Waals surface area contributed by atoms with E-state index < -0.39 is 29.2 Å². The van der Waals surface area contributed by atoms with E-state index in [1.165, 1.54) is 6.07 Å². The zero-order chi connectivity index (χ0) is 28.6. The van der Waals surface area contributed by atoms with Gasteiger partial charge in [0, 0.05) is 10.8 Å². The van der Waals surface area contributed by atoms with Gasteiger partial charge in [-0.25, -0.2) is 12.8 Å². The number of nitriles is 1. The van der Waals surface area contributed by atoms with Crippen molar-refractivity contribution in [3.05, 3.63) is 53.3 Å². The molecule has 0 saturated heterocycles. The molecule has 1 unspecified atom stereocenters. The van der Waals surface area contributed by atoms with Crippen LogP contribution in [0.3, 0.4) is 0 Å². The summed E-state index contributed by atoms with van der Waals surface area (Å²) in [5.74, 6) is -2.26. The van der Waals surface area contributed by atoms with Crippen LogP contribution in [0.25, 0.3) is 10.1 Å². The number of nitrogens with zero attached hydrogens (tertiary/aromatic N) is 1. The van der Waals surface area contributed by atoms with Gasteiger partial charge in [-0.2, -0.15) is 9.98 Å². The van der Waals surface area contributed by atoms with Crippen LogP contribution in [-0.2, 0) is 14.6 Å². The average molecular weight is 601 g/mol. The quantitative estimate of drug-likeness (QED) is 0.127. The summed E-state index contributed by atoms with van der Waals surface area (Å²) in [5.41, 5.74) is 10.4. The number of nitrogens with one attached hydrogen (secondary N) is 1. The summed E-state index contributed by atoms with van der Waals surface area (Å²) in [5, 5.41) is 9.43. The third kappa shape index (κ3) is 8.20. The summed E-state index contributed by atoms with van der Waals surface area (Å²) in [6.07, 6.45) is 2.97. The molecule has 0 bridgehead atoms. The Bertz CT molecular complexity index is 1440. The third-order valence-electron chi connectivity index (χ3n) is 5.57. The van der Waals surface area contributed by atoms with E-state index in [4.69, 9.17) is 26.2 Å². The van der Waals surface area contributed by atoms with Gasteiger partial charge in [-0.15, -0.1) is 11.3 Å². The first-order valence-electron chi connectivity index (χ1n) is 12.0. The minimum Gasteiger partial charge on any atom is -0.490 e. The van der Waals surface area contributed by atoms with Crippen LogP contribution in [0.5, 0.6) is 11.5 Å². The maximum atomic E-state index is 14.1. The molecular weight excluding hydrogens is 570 g/mol. The van der Waals surface area contributed by atoms with Crippen LogP contribution >= 0.6 is 18.9 Å². The van der Waals surface area contributed by atoms with Crippen molar-refractivity contribution < 1.29 is 36.6 Å². The molecule has 0 spiro atoms. The van der Waals surface area contributed by atoms with E-state index in [0.717, 1.165) is 48.8 Å². The van der Waals surface area contributed by atoms with Gasteiger partial charge in [0.05, 0.1) is 18.8 Å². The second-order valence-electron chi connectivity index (χ2n) is 8.55. The summed E-state index contributed by atoms with van der Waals surface area (Å²) in [4.78, 5) is 19.7. The Labute approximate surface area is 229 Å². The summed E-state index contributed by atoms with van der Waals surface area (Å²) in [6, 6.07) is 9.06. The van der Waals surface area contributed by atoms with E-state index in [1.807, 2.05) is 4.72 Å². The van der Waals surface area contributed by atoms with Gasteiger partial charge < -0.3 is 30.7 Å². The fourth-order valence-corrected chi connectivity index (χ4v) is 7.57. The third-order valence-corrected chi connectivity index (χ3v) is 9.84. The lowest BCUT2D eigenvalue weighted by molar-refractivity contribution is 0.261. The normalized spacial score (nSPS) is 12.8. The molecule has 0 amide bonds. The van der Waals surface area contributed by atoms with Gasteiger partial charge in [0.2, 0.25) is 0 Å². The average Bonchev–Trinajstić information content (AvgIpc) is 3.31. The van der Waals surface area contributed by atoms with E-state index in [2.05, 4.69) is 0 Å². The molecule has 1 aromatic heterocycles. The van der Waals surface area contributed by atoms with Crippen molar-refractivity contribution in [3.8, 4) is 17.6 Å². The predicted octanol–water partition coefficient (Wildman–Crippen LogP) is 3.30. The number of benzene rings is 2. The molecule has 2 aromatic carbocycles. The second kappa shape index (κ2) is 13.6. The first-order chi connectivity index (χ1) is 18.5. The molecule has 1 heterocycles. The number of hydrogen-bond acceptors (Lipinski definition) is 9. The first kappa shape index (κ1) is 30.9. The largest absolute Gasteiger partial charge is 0.490 e. The van der Waals surface area contributed by atoms with Crippen molar-refractivity contribution in [2.75, 3.05) is 26.3 Å². The number of sulfonamides is 1. The standard InChI is InChI=1S/C24H30FN4O7PS2/c25-19-11-16(5-6-17(19)15-28)24(37(30,31)32)29-39(33,34)23-13-18-12-20(35-9-3-1-7-26)21(14-22(18)38-23)36-10-4-2-8-27/h5-6,11-14,24,29H,1-4,7-10,26-27H2,(H2,30,31,32). The number of fused-ring (bicyclic) bond motifs is 1. The number of nitrogens with two attached hydrogens (primary N) is 2. The van der Waals surface area contributed by atoms with Crippen LogP contribution in [0.15, 0.2) is 40.6 Å². The van der Waals surface area contributed by atoms with E-state index >= 15 is 0 Å². The minimum atomic E-state index is -5.14. The first-order valence-corrected chi connectivity index (χ1v) is 16.0. The van der Waals surface area contributed by atoms with Gasteiger partial charge in [0.1, 0.15) is 21.9 Å². The monoisotopic (exact) mass is 600 g/mol. The number of ether oxygens (including phenoxy) is 2. The van der Waals surface area contributed by atoms with Gasteiger partial charge in [-0.1, -0.05) is 6.07 Å². The zero-order valence-electron chi connectivity index (χ0n) is 20.9. The highest BCUT2D eigenvalue weighted by atomic mass is 32.2. The molecule has 3 rings (SSSR count). The molecule has 0 aliphatic carbocycles. The highest BCUT2D eigenvalue weighted by molar-refractivity contribution is 7.92. The Morgan fingerprint density at radius 3 is 2.18 bits per heavy atom. The number of unbranched alkanes of at least 4 members (excludes halogenated alkanes) is 2. The molecule has 0 aliphatic heterocycles. The zero-order valence-corrected chi connectivity index (χ0v) is 23.4. The molecule has 11 nitrogen and oxygen atoms in total. The van der Waals surface area contributed by atoms with Crippen LogP contribution in [0.2, 0.25) is 0 Å². The molecule has 0 aliphatic rings. The van der Waals surface area contributed by atoms with E-state index in [0.29, 0.717) is 54.3 Å². The van der Waals surface area contributed by atoms with Gasteiger partial charge in [-0.05, 0) is 74.0 Å². The Morgan fingerprint density at radius 2 is 1.64 bits per heavy atom. The molecule has 3 aromatic rings. The van der Waals surface area contributed by atoms with Gasteiger partial charge >= 0.3 is 7.60 Å². The van der Waals surface area contributed by atoms with Gasteiger partial charge in [-0.3, -0.25) is 4.57 Å². The van der Waals surface area contributed by atoms with E-state index in [9.17, 15) is 27.2 Å². The molecule has 0 radical (unpaired) electrons. The molecule has 15 heteroatoms. The van der Waals surface area contributed by atoms with Crippen molar-refractivity contribution in [3.63, 3.8) is 0 Å². The van der Waals surface area contributed by atoms with Crippen molar-refractivity contribution in [2.24, 2.45) is 11.5 Å². The number of thiophene rings is 1. The number of hydrogen-bond donors (Lipinski definition) is 5. The number of rotatable bonds is 15. The summed E-state index contributed by atoms with van der Waals surface area (Å²) >= 11 is 0.867. The maximum Gasteiger partial charge on any atom is 0.347 e. The summed E-state index contributed by atoms with van der Waals surface area (Å²) in [6.45, 7) is 1.80. The summed E-state index contributed by atoms with van der Waals surface area (Å²) < 4.78 is 66.8. The molecule has 212 valence electrons. The molecule has 39 heavy (non-hydrogen) atoms. The minimum absolute atomic E-state index is 0.223. The van der Waals surface area contributed by atoms with Gasteiger partial charge in [0.25, 0.3) is 10.0 Å². The van der Waals surface area contributed by atoms with E-state index in [1.54, 1.807) is 18.2 Å². The lowest BCUT2D eigenvalue weighted by atomic mass is 10.1. The topological polar surface area (TPSA) is 198 Å². The Hall–Kier alpha value is -2.60. The number of halogens is 1. The Balaban J connectivity index is 1.94. The highest BCUT2D eigenvalue weighted by Crippen LogP contribution is 2.51. The van der Waals surface area contributed by atoms with Crippen molar-refractivity contribution >= 4 is 39.0 Å².